The molecule has 0 bridgehead atoms. The Labute approximate surface area is 134 Å². The number of rotatable bonds is 5. The van der Waals surface area contributed by atoms with Gasteiger partial charge in [-0.15, -0.1) is 0 Å². The van der Waals surface area contributed by atoms with Gasteiger partial charge in [-0.1, -0.05) is 29.6 Å². The first-order valence-electron chi connectivity index (χ1n) is 7.13. The lowest BCUT2D eigenvalue weighted by atomic mass is 10.0. The molecule has 0 aliphatic heterocycles. The molecule has 1 aliphatic rings. The van der Waals surface area contributed by atoms with Crippen molar-refractivity contribution in [3.8, 4) is 5.75 Å². The molecule has 6 heteroatoms. The number of nitrogens with two attached hydrogens (primary N) is 1. The fraction of sp³-hybridized carbons (Fsp3) is 0.533. The van der Waals surface area contributed by atoms with Crippen molar-refractivity contribution in [2.45, 2.75) is 38.3 Å². The SMILES string of the molecule is CC(Oc1ccc(Cl)cc1Cl)C(=O)NC1CCCC1CN. The van der Waals surface area contributed by atoms with Crippen LogP contribution in [0.3, 0.4) is 0 Å². The fourth-order valence-corrected chi connectivity index (χ4v) is 3.08. The van der Waals surface area contributed by atoms with Crippen molar-refractivity contribution in [1.82, 2.24) is 5.32 Å². The van der Waals surface area contributed by atoms with Gasteiger partial charge >= 0.3 is 0 Å². The number of halogens is 2. The molecule has 0 saturated heterocycles. The Hall–Kier alpha value is -0.970. The number of benzene rings is 1. The van der Waals surface area contributed by atoms with Crippen molar-refractivity contribution in [3.63, 3.8) is 0 Å². The zero-order valence-corrected chi connectivity index (χ0v) is 13.5. The number of amides is 1. The molecule has 1 saturated carbocycles. The molecule has 21 heavy (non-hydrogen) atoms. The van der Waals surface area contributed by atoms with E-state index in [1.165, 1.54) is 0 Å². The van der Waals surface area contributed by atoms with Crippen molar-refractivity contribution < 1.29 is 9.53 Å². The lowest BCUT2D eigenvalue weighted by molar-refractivity contribution is -0.128. The van der Waals surface area contributed by atoms with Gasteiger partial charge < -0.3 is 15.8 Å². The van der Waals surface area contributed by atoms with E-state index in [1.54, 1.807) is 25.1 Å². The normalized spacial score (nSPS) is 22.9. The van der Waals surface area contributed by atoms with Gasteiger partial charge in [0.25, 0.3) is 5.91 Å². The summed E-state index contributed by atoms with van der Waals surface area (Å²) in [4.78, 5) is 12.2. The van der Waals surface area contributed by atoms with Crippen LogP contribution in [0.2, 0.25) is 10.0 Å². The van der Waals surface area contributed by atoms with E-state index >= 15 is 0 Å². The van der Waals surface area contributed by atoms with Crippen molar-refractivity contribution in [1.29, 1.82) is 0 Å². The standard InChI is InChI=1S/C15H20Cl2N2O2/c1-9(21-14-6-5-11(16)7-12(14)17)15(20)19-13-4-2-3-10(13)8-18/h5-7,9-10,13H,2-4,8,18H2,1H3,(H,19,20). The summed E-state index contributed by atoms with van der Waals surface area (Å²) in [6, 6.07) is 5.07. The summed E-state index contributed by atoms with van der Waals surface area (Å²) < 4.78 is 5.61. The molecule has 0 radical (unpaired) electrons. The summed E-state index contributed by atoms with van der Waals surface area (Å²) in [7, 11) is 0. The molecular formula is C15H20Cl2N2O2. The number of hydrogen-bond acceptors (Lipinski definition) is 3. The summed E-state index contributed by atoms with van der Waals surface area (Å²) in [5.74, 6) is 0.664. The van der Waals surface area contributed by atoms with Gasteiger partial charge in [0, 0.05) is 11.1 Å². The van der Waals surface area contributed by atoms with Gasteiger partial charge in [-0.25, -0.2) is 0 Å². The smallest absolute Gasteiger partial charge is 0.261 e. The molecule has 0 heterocycles. The molecule has 1 aromatic rings. The van der Waals surface area contributed by atoms with Crippen LogP contribution in [0.15, 0.2) is 18.2 Å². The van der Waals surface area contributed by atoms with Crippen LogP contribution in [-0.4, -0.2) is 24.6 Å². The molecule has 3 unspecified atom stereocenters. The van der Waals surface area contributed by atoms with E-state index < -0.39 is 6.10 Å². The molecule has 3 atom stereocenters. The second-order valence-electron chi connectivity index (χ2n) is 5.38. The minimum Gasteiger partial charge on any atom is -0.479 e. The van der Waals surface area contributed by atoms with Gasteiger partial charge in [0.05, 0.1) is 5.02 Å². The lowest BCUT2D eigenvalue weighted by Gasteiger charge is -2.22. The Balaban J connectivity index is 1.93. The maximum absolute atomic E-state index is 12.2. The third kappa shape index (κ3) is 4.25. The van der Waals surface area contributed by atoms with E-state index in [1.807, 2.05) is 0 Å². The van der Waals surface area contributed by atoms with Gasteiger partial charge in [0.15, 0.2) is 6.10 Å². The Bertz CT molecular complexity index is 510. The second kappa shape index (κ2) is 7.34. The molecule has 3 N–H and O–H groups in total. The van der Waals surface area contributed by atoms with Gasteiger partial charge in [-0.3, -0.25) is 4.79 Å². The topological polar surface area (TPSA) is 64.3 Å². The van der Waals surface area contributed by atoms with E-state index in [0.29, 0.717) is 28.3 Å². The Kier molecular flexibility index (Phi) is 5.73. The van der Waals surface area contributed by atoms with Crippen molar-refractivity contribution in [2.24, 2.45) is 11.7 Å². The zero-order valence-electron chi connectivity index (χ0n) is 11.9. The molecule has 1 fully saturated rings. The van der Waals surface area contributed by atoms with Gasteiger partial charge in [0.1, 0.15) is 5.75 Å². The number of carbonyl (C=O) groups is 1. The first-order valence-corrected chi connectivity index (χ1v) is 7.89. The third-order valence-corrected chi connectivity index (χ3v) is 4.39. The Morgan fingerprint density at radius 2 is 2.24 bits per heavy atom. The highest BCUT2D eigenvalue weighted by Gasteiger charge is 2.29. The number of hydrogen-bond donors (Lipinski definition) is 2. The molecule has 1 aliphatic carbocycles. The summed E-state index contributed by atoms with van der Waals surface area (Å²) >= 11 is 11.9. The molecular weight excluding hydrogens is 311 g/mol. The Morgan fingerprint density at radius 1 is 1.48 bits per heavy atom. The molecule has 2 rings (SSSR count). The fourth-order valence-electron chi connectivity index (χ4n) is 2.62. The van der Waals surface area contributed by atoms with E-state index in [0.717, 1.165) is 19.3 Å². The van der Waals surface area contributed by atoms with Crippen molar-refractivity contribution in [3.05, 3.63) is 28.2 Å². The van der Waals surface area contributed by atoms with Crippen LogP contribution in [-0.2, 0) is 4.79 Å². The largest absolute Gasteiger partial charge is 0.479 e. The van der Waals surface area contributed by atoms with Gasteiger partial charge in [0.2, 0.25) is 0 Å². The Morgan fingerprint density at radius 3 is 2.90 bits per heavy atom. The third-order valence-electron chi connectivity index (χ3n) is 3.86. The van der Waals surface area contributed by atoms with Crippen LogP contribution in [0.1, 0.15) is 26.2 Å². The molecule has 1 amide bonds. The molecule has 0 aromatic heterocycles. The van der Waals surface area contributed by atoms with E-state index in [4.69, 9.17) is 33.7 Å². The summed E-state index contributed by atoms with van der Waals surface area (Å²) in [6.07, 6.45) is 2.52. The molecule has 116 valence electrons. The van der Waals surface area contributed by atoms with Crippen LogP contribution >= 0.6 is 23.2 Å². The van der Waals surface area contributed by atoms with Gasteiger partial charge in [-0.2, -0.15) is 0 Å². The van der Waals surface area contributed by atoms with Crippen molar-refractivity contribution >= 4 is 29.1 Å². The quantitative estimate of drug-likeness (QED) is 0.872. The van der Waals surface area contributed by atoms with Crippen molar-refractivity contribution in [2.75, 3.05) is 6.54 Å². The number of nitrogens with one attached hydrogen (secondary N) is 1. The summed E-state index contributed by atoms with van der Waals surface area (Å²) in [6.45, 7) is 2.30. The molecule has 1 aromatic carbocycles. The first kappa shape index (κ1) is 16.4. The van der Waals surface area contributed by atoms with Crippen LogP contribution < -0.4 is 15.8 Å². The van der Waals surface area contributed by atoms with Crippen LogP contribution in [0.25, 0.3) is 0 Å². The highest BCUT2D eigenvalue weighted by Crippen LogP contribution is 2.29. The zero-order chi connectivity index (χ0) is 15.4. The summed E-state index contributed by atoms with van der Waals surface area (Å²) in [5.41, 5.74) is 5.72. The minimum atomic E-state index is -0.623. The summed E-state index contributed by atoms with van der Waals surface area (Å²) in [5, 5.41) is 3.94. The maximum Gasteiger partial charge on any atom is 0.261 e. The predicted octanol–water partition coefficient (Wildman–Crippen LogP) is 3.00. The second-order valence-corrected chi connectivity index (χ2v) is 6.22. The molecule has 4 nitrogen and oxygen atoms in total. The number of carbonyl (C=O) groups excluding carboxylic acids is 1. The highest BCUT2D eigenvalue weighted by molar-refractivity contribution is 6.35. The average molecular weight is 331 g/mol. The monoisotopic (exact) mass is 330 g/mol. The first-order chi connectivity index (χ1) is 10.0. The maximum atomic E-state index is 12.2. The van der Waals surface area contributed by atoms with Crippen LogP contribution in [0.5, 0.6) is 5.75 Å². The minimum absolute atomic E-state index is 0.147. The van der Waals surface area contributed by atoms with Crippen LogP contribution in [0.4, 0.5) is 0 Å². The van der Waals surface area contributed by atoms with Gasteiger partial charge in [-0.05, 0) is 50.4 Å². The molecule has 0 spiro atoms. The van der Waals surface area contributed by atoms with E-state index in [-0.39, 0.29) is 11.9 Å². The highest BCUT2D eigenvalue weighted by atomic mass is 35.5. The predicted molar refractivity (Wildman–Crippen MR) is 84.9 cm³/mol. The van der Waals surface area contributed by atoms with E-state index in [2.05, 4.69) is 5.32 Å². The van der Waals surface area contributed by atoms with E-state index in [9.17, 15) is 4.79 Å². The average Bonchev–Trinajstić information content (AvgIpc) is 2.89. The number of ether oxygens (including phenoxy) is 1. The van der Waals surface area contributed by atoms with Crippen LogP contribution in [0, 0.1) is 5.92 Å². The lowest BCUT2D eigenvalue weighted by Crippen LogP contribution is -2.45.